The first-order valence-electron chi connectivity index (χ1n) is 7.84. The molecule has 1 aromatic heterocycles. The monoisotopic (exact) mass is 323 g/mol. The van der Waals surface area contributed by atoms with Crippen LogP contribution < -0.4 is 10.2 Å². The van der Waals surface area contributed by atoms with E-state index in [9.17, 15) is 9.59 Å². The van der Waals surface area contributed by atoms with Crippen molar-refractivity contribution in [1.82, 2.24) is 10.3 Å². The van der Waals surface area contributed by atoms with Crippen molar-refractivity contribution in [3.05, 3.63) is 48.3 Å². The molecule has 24 heavy (non-hydrogen) atoms. The van der Waals surface area contributed by atoms with Crippen LogP contribution in [0.3, 0.4) is 0 Å². The largest absolute Gasteiger partial charge is 0.447 e. The number of pyridine rings is 1. The van der Waals surface area contributed by atoms with E-state index in [1.165, 1.54) is 6.92 Å². The lowest BCUT2D eigenvalue weighted by atomic mass is 9.94. The van der Waals surface area contributed by atoms with Gasteiger partial charge in [0.25, 0.3) is 0 Å². The van der Waals surface area contributed by atoms with Crippen LogP contribution in [-0.2, 0) is 16.0 Å². The van der Waals surface area contributed by atoms with Gasteiger partial charge in [-0.25, -0.2) is 4.79 Å². The standard InChI is InChI=1S/C18H17N3O3/c1-12(22)20-10-18-8-15-7-13(14-3-2-6-19-9-14)4-5-16(15)21(18)17(23)24-11-18/h2-7,9H,8,10-11H2,1H3,(H,20,22). The first-order valence-corrected chi connectivity index (χ1v) is 7.84. The Labute approximate surface area is 139 Å². The molecule has 6 nitrogen and oxygen atoms in total. The second-order valence-electron chi connectivity index (χ2n) is 6.29. The minimum atomic E-state index is -0.529. The number of aromatic nitrogens is 1. The highest BCUT2D eigenvalue weighted by Gasteiger charge is 2.53. The Morgan fingerprint density at radius 1 is 1.38 bits per heavy atom. The van der Waals surface area contributed by atoms with E-state index >= 15 is 0 Å². The Hall–Kier alpha value is -2.89. The zero-order chi connectivity index (χ0) is 16.7. The molecule has 1 atom stereocenters. The fourth-order valence-electron chi connectivity index (χ4n) is 3.50. The molecule has 0 bridgehead atoms. The molecule has 2 aliphatic heterocycles. The number of hydrogen-bond donors (Lipinski definition) is 1. The Kier molecular flexibility index (Phi) is 3.26. The van der Waals surface area contributed by atoms with Gasteiger partial charge < -0.3 is 10.1 Å². The van der Waals surface area contributed by atoms with Crippen molar-refractivity contribution in [2.45, 2.75) is 18.9 Å². The van der Waals surface area contributed by atoms with Crippen molar-refractivity contribution in [2.24, 2.45) is 0 Å². The first kappa shape index (κ1) is 14.7. The summed E-state index contributed by atoms with van der Waals surface area (Å²) in [6.07, 6.45) is 3.86. The maximum Gasteiger partial charge on any atom is 0.415 e. The van der Waals surface area contributed by atoms with Crippen LogP contribution in [0.2, 0.25) is 0 Å². The zero-order valence-corrected chi connectivity index (χ0v) is 13.3. The normalized spacial score (nSPS) is 21.2. The maximum absolute atomic E-state index is 12.2. The number of rotatable bonds is 3. The van der Waals surface area contributed by atoms with Crippen molar-refractivity contribution >= 4 is 17.7 Å². The second kappa shape index (κ2) is 5.33. The SMILES string of the molecule is CC(=O)NCC12COC(=O)N1c1ccc(-c3cccnc3)cc1C2. The van der Waals surface area contributed by atoms with Crippen LogP contribution in [0.4, 0.5) is 10.5 Å². The van der Waals surface area contributed by atoms with Gasteiger partial charge in [-0.1, -0.05) is 12.1 Å². The topological polar surface area (TPSA) is 71.5 Å². The van der Waals surface area contributed by atoms with Crippen LogP contribution in [0.1, 0.15) is 12.5 Å². The molecule has 4 rings (SSSR count). The number of nitrogens with zero attached hydrogens (tertiary/aromatic N) is 2. The molecule has 0 aliphatic carbocycles. The van der Waals surface area contributed by atoms with E-state index in [4.69, 9.17) is 4.74 Å². The molecule has 1 unspecified atom stereocenters. The molecular weight excluding hydrogens is 306 g/mol. The second-order valence-corrected chi connectivity index (χ2v) is 6.29. The van der Waals surface area contributed by atoms with E-state index in [1.807, 2.05) is 30.5 Å². The third-order valence-electron chi connectivity index (χ3n) is 4.62. The molecule has 2 aliphatic rings. The van der Waals surface area contributed by atoms with E-state index in [0.717, 1.165) is 22.4 Å². The van der Waals surface area contributed by atoms with Crippen molar-refractivity contribution in [3.63, 3.8) is 0 Å². The van der Waals surface area contributed by atoms with Gasteiger partial charge in [0, 0.05) is 32.3 Å². The van der Waals surface area contributed by atoms with Crippen LogP contribution in [0.25, 0.3) is 11.1 Å². The van der Waals surface area contributed by atoms with Crippen molar-refractivity contribution in [1.29, 1.82) is 0 Å². The summed E-state index contributed by atoms with van der Waals surface area (Å²) in [5.74, 6) is -0.115. The summed E-state index contributed by atoms with van der Waals surface area (Å²) in [5, 5.41) is 2.83. The van der Waals surface area contributed by atoms with Crippen LogP contribution >= 0.6 is 0 Å². The fourth-order valence-corrected chi connectivity index (χ4v) is 3.50. The lowest BCUT2D eigenvalue weighted by molar-refractivity contribution is -0.119. The highest BCUT2D eigenvalue weighted by molar-refractivity contribution is 5.95. The molecule has 1 N–H and O–H groups in total. The fraction of sp³-hybridized carbons (Fsp3) is 0.278. The number of hydrogen-bond acceptors (Lipinski definition) is 4. The Bertz CT molecular complexity index is 822. The lowest BCUT2D eigenvalue weighted by Crippen LogP contribution is -2.53. The van der Waals surface area contributed by atoms with Gasteiger partial charge in [-0.3, -0.25) is 14.7 Å². The third kappa shape index (κ3) is 2.22. The smallest absolute Gasteiger partial charge is 0.415 e. The van der Waals surface area contributed by atoms with Gasteiger partial charge in [-0.2, -0.15) is 0 Å². The quantitative estimate of drug-likeness (QED) is 0.939. The summed E-state index contributed by atoms with van der Waals surface area (Å²) in [6, 6.07) is 9.92. The molecular formula is C18H17N3O3. The molecule has 1 saturated heterocycles. The number of benzene rings is 1. The van der Waals surface area contributed by atoms with Crippen LogP contribution in [0.5, 0.6) is 0 Å². The average molecular weight is 323 g/mol. The number of ether oxygens (including phenoxy) is 1. The number of cyclic esters (lactones) is 1. The Morgan fingerprint density at radius 3 is 3.00 bits per heavy atom. The van der Waals surface area contributed by atoms with Crippen LogP contribution in [0, 0.1) is 0 Å². The highest BCUT2D eigenvalue weighted by Crippen LogP contribution is 2.44. The number of nitrogens with one attached hydrogen (secondary N) is 1. The summed E-state index contributed by atoms with van der Waals surface area (Å²) in [5.41, 5.74) is 3.50. The molecule has 122 valence electrons. The van der Waals surface area contributed by atoms with Crippen molar-refractivity contribution in [3.8, 4) is 11.1 Å². The van der Waals surface area contributed by atoms with Crippen molar-refractivity contribution in [2.75, 3.05) is 18.1 Å². The van der Waals surface area contributed by atoms with Crippen LogP contribution in [-0.4, -0.2) is 35.7 Å². The van der Waals surface area contributed by atoms with E-state index in [0.29, 0.717) is 13.0 Å². The Balaban J connectivity index is 1.71. The van der Waals surface area contributed by atoms with Gasteiger partial charge >= 0.3 is 6.09 Å². The predicted octanol–water partition coefficient (Wildman–Crippen LogP) is 2.14. The molecule has 0 saturated carbocycles. The summed E-state index contributed by atoms with van der Waals surface area (Å²) in [4.78, 5) is 29.4. The van der Waals surface area contributed by atoms with Gasteiger partial charge in [0.05, 0.1) is 5.69 Å². The number of fused-ring (bicyclic) bond motifs is 3. The zero-order valence-electron chi connectivity index (χ0n) is 13.3. The highest BCUT2D eigenvalue weighted by atomic mass is 16.6. The van der Waals surface area contributed by atoms with Gasteiger partial charge in [0.1, 0.15) is 12.1 Å². The van der Waals surface area contributed by atoms with E-state index < -0.39 is 5.54 Å². The van der Waals surface area contributed by atoms with Gasteiger partial charge in [-0.15, -0.1) is 0 Å². The third-order valence-corrected chi connectivity index (χ3v) is 4.62. The Morgan fingerprint density at radius 2 is 2.25 bits per heavy atom. The van der Waals surface area contributed by atoms with Gasteiger partial charge in [-0.05, 0) is 34.9 Å². The average Bonchev–Trinajstić information content (AvgIpc) is 3.08. The first-order chi connectivity index (χ1) is 11.6. The van der Waals surface area contributed by atoms with E-state index in [1.54, 1.807) is 11.1 Å². The van der Waals surface area contributed by atoms with E-state index in [-0.39, 0.29) is 18.6 Å². The molecule has 6 heteroatoms. The lowest BCUT2D eigenvalue weighted by Gasteiger charge is -2.28. The summed E-state index contributed by atoms with van der Waals surface area (Å²) >= 11 is 0. The summed E-state index contributed by atoms with van der Waals surface area (Å²) < 4.78 is 5.25. The summed E-state index contributed by atoms with van der Waals surface area (Å²) in [7, 11) is 0. The maximum atomic E-state index is 12.2. The molecule has 0 radical (unpaired) electrons. The van der Waals surface area contributed by atoms with Gasteiger partial charge in [0.15, 0.2) is 0 Å². The number of carbonyl (C=O) groups is 2. The molecule has 1 fully saturated rings. The molecule has 0 spiro atoms. The molecule has 2 amide bonds. The molecule has 3 heterocycles. The molecule has 1 aromatic carbocycles. The van der Waals surface area contributed by atoms with Crippen molar-refractivity contribution < 1.29 is 14.3 Å². The minimum Gasteiger partial charge on any atom is -0.447 e. The predicted molar refractivity (Wildman–Crippen MR) is 88.6 cm³/mol. The number of carbonyl (C=O) groups excluding carboxylic acids is 2. The van der Waals surface area contributed by atoms with Crippen LogP contribution in [0.15, 0.2) is 42.7 Å². The number of anilines is 1. The molecule has 2 aromatic rings. The summed E-state index contributed by atoms with van der Waals surface area (Å²) in [6.45, 7) is 2.13. The van der Waals surface area contributed by atoms with E-state index in [2.05, 4.69) is 16.4 Å². The van der Waals surface area contributed by atoms with Gasteiger partial charge in [0.2, 0.25) is 5.91 Å². The minimum absolute atomic E-state index is 0.115. The number of amides is 2.